The highest BCUT2D eigenvalue weighted by Crippen LogP contribution is 2.42. The molecule has 2 rings (SSSR count). The molecule has 6 heteroatoms. The Balaban J connectivity index is 2.08. The number of aliphatic hydroxyl groups excluding tert-OH is 1. The average molecular weight is 313 g/mol. The molecule has 0 atom stereocenters. The predicted molar refractivity (Wildman–Crippen MR) is 82.4 cm³/mol. The summed E-state index contributed by atoms with van der Waals surface area (Å²) < 4.78 is 5.17. The number of anilines is 1. The molecule has 1 aromatic rings. The summed E-state index contributed by atoms with van der Waals surface area (Å²) in [6.45, 7) is 5.38. The molecule has 0 unspecified atom stereocenters. The Kier molecular flexibility index (Phi) is 4.19. The fourth-order valence-electron chi connectivity index (χ4n) is 2.42. The molecule has 0 radical (unpaired) electrons. The van der Waals surface area contributed by atoms with Crippen molar-refractivity contribution in [2.45, 2.75) is 50.9 Å². The molecule has 21 heavy (non-hydrogen) atoms. The van der Waals surface area contributed by atoms with Crippen LogP contribution in [0.1, 0.15) is 39.2 Å². The second kappa shape index (κ2) is 5.48. The van der Waals surface area contributed by atoms with Gasteiger partial charge in [0.25, 0.3) is 0 Å². The first-order valence-electron chi connectivity index (χ1n) is 6.86. The van der Waals surface area contributed by atoms with Gasteiger partial charge in [-0.1, -0.05) is 17.7 Å². The number of carbonyl (C=O) groups excluding carboxylic acids is 1. The van der Waals surface area contributed by atoms with Crippen molar-refractivity contribution in [3.63, 3.8) is 0 Å². The first-order valence-corrected chi connectivity index (χ1v) is 7.24. The zero-order valence-corrected chi connectivity index (χ0v) is 13.2. The number of hydrogen-bond donors (Lipinski definition) is 3. The van der Waals surface area contributed by atoms with Crippen LogP contribution in [0.2, 0.25) is 5.02 Å². The number of benzene rings is 1. The minimum absolute atomic E-state index is 0.370. The number of nitrogens with one attached hydrogen (secondary N) is 1. The van der Waals surface area contributed by atoms with Gasteiger partial charge in [-0.25, -0.2) is 4.79 Å². The standard InChI is InChI=1S/C15H21ClN2O3/c1-14(2,3)21-13(20)18-9-4-5-11(12(16)6-9)15(17)7-10(19)8-15/h4-6,10,19H,7-8,17H2,1-3H3,(H,18,20). The summed E-state index contributed by atoms with van der Waals surface area (Å²) >= 11 is 6.24. The third-order valence-corrected chi connectivity index (χ3v) is 3.66. The molecule has 1 aliphatic rings. The van der Waals surface area contributed by atoms with E-state index < -0.39 is 17.2 Å². The Morgan fingerprint density at radius 1 is 1.48 bits per heavy atom. The molecule has 0 bridgehead atoms. The molecule has 0 aliphatic heterocycles. The van der Waals surface area contributed by atoms with Crippen molar-refractivity contribution in [2.24, 2.45) is 5.73 Å². The van der Waals surface area contributed by atoms with Gasteiger partial charge in [0.2, 0.25) is 0 Å². The molecule has 1 fully saturated rings. The maximum Gasteiger partial charge on any atom is 0.412 e. The Hall–Kier alpha value is -1.30. The van der Waals surface area contributed by atoms with Crippen LogP contribution in [0.3, 0.4) is 0 Å². The third kappa shape index (κ3) is 3.87. The summed E-state index contributed by atoms with van der Waals surface area (Å²) in [4.78, 5) is 11.7. The minimum atomic E-state index is -0.582. The summed E-state index contributed by atoms with van der Waals surface area (Å²) in [6, 6.07) is 5.14. The fraction of sp³-hybridized carbons (Fsp3) is 0.533. The molecule has 1 aromatic carbocycles. The van der Waals surface area contributed by atoms with Crippen molar-refractivity contribution in [2.75, 3.05) is 5.32 Å². The lowest BCUT2D eigenvalue weighted by atomic mass is 9.70. The van der Waals surface area contributed by atoms with Crippen LogP contribution in [0.5, 0.6) is 0 Å². The van der Waals surface area contributed by atoms with Gasteiger partial charge in [-0.05, 0) is 51.3 Å². The largest absolute Gasteiger partial charge is 0.444 e. The third-order valence-electron chi connectivity index (χ3n) is 3.35. The smallest absolute Gasteiger partial charge is 0.412 e. The van der Waals surface area contributed by atoms with E-state index >= 15 is 0 Å². The van der Waals surface area contributed by atoms with E-state index in [9.17, 15) is 9.90 Å². The predicted octanol–water partition coefficient (Wildman–Crippen LogP) is 3.00. The summed E-state index contributed by atoms with van der Waals surface area (Å²) in [7, 11) is 0. The second-order valence-corrected chi connectivity index (χ2v) is 6.95. The van der Waals surface area contributed by atoms with Gasteiger partial charge < -0.3 is 15.6 Å². The molecule has 116 valence electrons. The van der Waals surface area contributed by atoms with Crippen molar-refractivity contribution >= 4 is 23.4 Å². The van der Waals surface area contributed by atoms with Crippen LogP contribution in [-0.2, 0) is 10.3 Å². The van der Waals surface area contributed by atoms with Crippen LogP contribution in [0.15, 0.2) is 18.2 Å². The van der Waals surface area contributed by atoms with E-state index in [-0.39, 0.29) is 6.10 Å². The molecule has 1 amide bonds. The van der Waals surface area contributed by atoms with Gasteiger partial charge in [0.05, 0.1) is 6.10 Å². The van der Waals surface area contributed by atoms with Gasteiger partial charge in [-0.2, -0.15) is 0 Å². The number of rotatable bonds is 2. The van der Waals surface area contributed by atoms with Crippen LogP contribution in [-0.4, -0.2) is 22.9 Å². The maximum atomic E-state index is 11.7. The molecule has 0 spiro atoms. The topological polar surface area (TPSA) is 84.6 Å². The highest BCUT2D eigenvalue weighted by atomic mass is 35.5. The van der Waals surface area contributed by atoms with Crippen molar-refractivity contribution in [3.05, 3.63) is 28.8 Å². The van der Waals surface area contributed by atoms with Gasteiger partial charge >= 0.3 is 6.09 Å². The molecule has 0 heterocycles. The highest BCUT2D eigenvalue weighted by molar-refractivity contribution is 6.31. The fourth-order valence-corrected chi connectivity index (χ4v) is 2.79. The van der Waals surface area contributed by atoms with Crippen molar-refractivity contribution < 1.29 is 14.6 Å². The quantitative estimate of drug-likeness (QED) is 0.783. The normalized spacial score (nSPS) is 25.1. The molecular formula is C15H21ClN2O3. The zero-order valence-electron chi connectivity index (χ0n) is 12.4. The Morgan fingerprint density at radius 3 is 2.57 bits per heavy atom. The number of carbonyl (C=O) groups is 1. The number of amides is 1. The Morgan fingerprint density at radius 2 is 2.10 bits per heavy atom. The lowest BCUT2D eigenvalue weighted by Crippen LogP contribution is -2.51. The van der Waals surface area contributed by atoms with Crippen LogP contribution >= 0.6 is 11.6 Å². The summed E-state index contributed by atoms with van der Waals surface area (Å²) in [5.41, 5.74) is 6.38. The minimum Gasteiger partial charge on any atom is -0.444 e. The molecule has 0 aromatic heterocycles. The Bertz CT molecular complexity index is 548. The van der Waals surface area contributed by atoms with Crippen molar-refractivity contribution in [1.82, 2.24) is 0 Å². The number of aliphatic hydroxyl groups is 1. The van der Waals surface area contributed by atoms with E-state index in [2.05, 4.69) is 5.32 Å². The molecule has 0 saturated heterocycles. The van der Waals surface area contributed by atoms with Gasteiger partial charge in [0.15, 0.2) is 0 Å². The zero-order chi connectivity index (χ0) is 15.8. The number of ether oxygens (including phenoxy) is 1. The van der Waals surface area contributed by atoms with Gasteiger partial charge in [-0.15, -0.1) is 0 Å². The SMILES string of the molecule is CC(C)(C)OC(=O)Nc1ccc(C2(N)CC(O)C2)c(Cl)c1. The van der Waals surface area contributed by atoms with E-state index in [4.69, 9.17) is 22.1 Å². The number of halogens is 1. The van der Waals surface area contributed by atoms with Gasteiger partial charge in [-0.3, -0.25) is 5.32 Å². The summed E-state index contributed by atoms with van der Waals surface area (Å²) in [6.07, 6.45) is 0.0791. The van der Waals surface area contributed by atoms with Crippen molar-refractivity contribution in [1.29, 1.82) is 0 Å². The molecule has 4 N–H and O–H groups in total. The van der Waals surface area contributed by atoms with E-state index in [1.807, 2.05) is 0 Å². The summed E-state index contributed by atoms with van der Waals surface area (Å²) in [5.74, 6) is 0. The van der Waals surface area contributed by atoms with E-state index in [1.54, 1.807) is 39.0 Å². The first-order chi connectivity index (χ1) is 9.59. The van der Waals surface area contributed by atoms with Gasteiger partial charge in [0, 0.05) is 16.2 Å². The van der Waals surface area contributed by atoms with Crippen LogP contribution < -0.4 is 11.1 Å². The highest BCUT2D eigenvalue weighted by Gasteiger charge is 2.42. The van der Waals surface area contributed by atoms with Crippen molar-refractivity contribution in [3.8, 4) is 0 Å². The second-order valence-electron chi connectivity index (χ2n) is 6.54. The molecule has 1 saturated carbocycles. The van der Waals surface area contributed by atoms with Crippen LogP contribution in [0.4, 0.5) is 10.5 Å². The molecule has 1 aliphatic carbocycles. The average Bonchev–Trinajstić information content (AvgIpc) is 2.23. The lowest BCUT2D eigenvalue weighted by molar-refractivity contribution is 0.0210. The maximum absolute atomic E-state index is 11.7. The molecular weight excluding hydrogens is 292 g/mol. The van der Waals surface area contributed by atoms with E-state index in [1.165, 1.54) is 0 Å². The van der Waals surface area contributed by atoms with E-state index in [0.29, 0.717) is 23.6 Å². The number of nitrogens with two attached hydrogens (primary N) is 1. The van der Waals surface area contributed by atoms with Crippen LogP contribution in [0, 0.1) is 0 Å². The summed E-state index contributed by atoms with van der Waals surface area (Å²) in [5, 5.41) is 12.5. The van der Waals surface area contributed by atoms with E-state index in [0.717, 1.165) is 5.56 Å². The number of hydrogen-bond acceptors (Lipinski definition) is 4. The Labute approximate surface area is 129 Å². The monoisotopic (exact) mass is 312 g/mol. The van der Waals surface area contributed by atoms with Crippen LogP contribution in [0.25, 0.3) is 0 Å². The lowest BCUT2D eigenvalue weighted by Gasteiger charge is -2.43. The van der Waals surface area contributed by atoms with Gasteiger partial charge in [0.1, 0.15) is 5.60 Å². The molecule has 5 nitrogen and oxygen atoms in total. The first kappa shape index (κ1) is 16.1.